The lowest BCUT2D eigenvalue weighted by Gasteiger charge is -2.58. The van der Waals surface area contributed by atoms with Crippen molar-refractivity contribution in [2.24, 2.45) is 5.41 Å². The summed E-state index contributed by atoms with van der Waals surface area (Å²) < 4.78 is 6.02. The lowest BCUT2D eigenvalue weighted by atomic mass is 9.55. The summed E-state index contributed by atoms with van der Waals surface area (Å²) in [5.74, 6) is 0. The van der Waals surface area contributed by atoms with Crippen LogP contribution in [0.15, 0.2) is 10.8 Å². The molecule has 1 heterocycles. The van der Waals surface area contributed by atoms with Gasteiger partial charge in [0.05, 0.1) is 6.10 Å². The van der Waals surface area contributed by atoms with Gasteiger partial charge in [0.1, 0.15) is 0 Å². The van der Waals surface area contributed by atoms with Gasteiger partial charge in [0.25, 0.3) is 0 Å². The van der Waals surface area contributed by atoms with Crippen molar-refractivity contribution in [3.63, 3.8) is 0 Å². The molecule has 0 saturated heterocycles. The summed E-state index contributed by atoms with van der Waals surface area (Å²) in [7, 11) is 0. The molecule has 0 bridgehead atoms. The molecule has 2 aliphatic carbocycles. The number of hydrogen-bond acceptors (Lipinski definition) is 3. The Hall–Kier alpha value is -0.380. The van der Waals surface area contributed by atoms with Crippen molar-refractivity contribution in [2.45, 2.75) is 71.1 Å². The third-order valence-electron chi connectivity index (χ3n) is 5.44. The first-order valence-corrected chi connectivity index (χ1v) is 9.07. The number of thiophene rings is 1. The smallest absolute Gasteiger partial charge is 0.0661 e. The molecular formula is C17H27NOS. The summed E-state index contributed by atoms with van der Waals surface area (Å²) in [4.78, 5) is 0. The maximum absolute atomic E-state index is 6.02. The molecule has 0 aromatic carbocycles. The number of nitrogens with one attached hydrogen (secondary N) is 1. The second-order valence-corrected chi connectivity index (χ2v) is 7.23. The number of aryl methyl sites for hydroxylation is 1. The van der Waals surface area contributed by atoms with Crippen LogP contribution in [0.5, 0.6) is 0 Å². The Bertz CT molecular complexity index is 436. The first-order valence-electron chi connectivity index (χ1n) is 8.13. The van der Waals surface area contributed by atoms with Crippen molar-refractivity contribution < 1.29 is 4.74 Å². The highest BCUT2D eigenvalue weighted by atomic mass is 32.1. The van der Waals surface area contributed by atoms with E-state index in [0.29, 0.717) is 17.6 Å². The SMILES string of the molecule is CCOC1CC(NCc2cscc2C)C12CCCCC2. The molecule has 1 spiro atoms. The minimum absolute atomic E-state index is 0.443. The fourth-order valence-electron chi connectivity index (χ4n) is 4.15. The Kier molecular flexibility index (Phi) is 4.49. The van der Waals surface area contributed by atoms with Gasteiger partial charge in [-0.1, -0.05) is 19.3 Å². The maximum Gasteiger partial charge on any atom is 0.0661 e. The van der Waals surface area contributed by atoms with Gasteiger partial charge in [-0.05, 0) is 55.0 Å². The predicted octanol–water partition coefficient (Wildman–Crippen LogP) is 4.27. The molecule has 2 nitrogen and oxygen atoms in total. The second kappa shape index (κ2) is 6.17. The van der Waals surface area contributed by atoms with Crippen molar-refractivity contribution in [3.05, 3.63) is 21.9 Å². The molecule has 0 amide bonds. The summed E-state index contributed by atoms with van der Waals surface area (Å²) in [6.07, 6.45) is 8.62. The van der Waals surface area contributed by atoms with E-state index in [1.165, 1.54) is 49.7 Å². The highest BCUT2D eigenvalue weighted by Gasteiger charge is 2.55. The maximum atomic E-state index is 6.02. The molecule has 2 unspecified atom stereocenters. The van der Waals surface area contributed by atoms with E-state index in [2.05, 4.69) is 29.9 Å². The Labute approximate surface area is 126 Å². The molecule has 2 saturated carbocycles. The molecule has 1 aromatic heterocycles. The molecular weight excluding hydrogens is 266 g/mol. The van der Waals surface area contributed by atoms with Gasteiger partial charge >= 0.3 is 0 Å². The number of ether oxygens (including phenoxy) is 1. The van der Waals surface area contributed by atoms with E-state index >= 15 is 0 Å². The van der Waals surface area contributed by atoms with Crippen LogP contribution in [0.25, 0.3) is 0 Å². The van der Waals surface area contributed by atoms with E-state index in [4.69, 9.17) is 4.74 Å². The summed E-state index contributed by atoms with van der Waals surface area (Å²) in [6.45, 7) is 6.24. The lowest BCUT2D eigenvalue weighted by molar-refractivity contribution is -0.150. The standard InChI is InChI=1S/C17H27NOS/c1-3-19-16-9-15(17(16)7-5-4-6-8-17)18-10-14-12-20-11-13(14)2/h11-12,15-16,18H,3-10H2,1-2H3. The van der Waals surface area contributed by atoms with Crippen LogP contribution in [0.1, 0.15) is 56.6 Å². The zero-order chi connectivity index (χ0) is 14.0. The summed E-state index contributed by atoms with van der Waals surface area (Å²) in [5, 5.41) is 8.37. The Morgan fingerprint density at radius 1 is 1.30 bits per heavy atom. The van der Waals surface area contributed by atoms with Crippen molar-refractivity contribution in [1.29, 1.82) is 0 Å². The minimum atomic E-state index is 0.443. The summed E-state index contributed by atoms with van der Waals surface area (Å²) in [5.41, 5.74) is 3.35. The third kappa shape index (κ3) is 2.56. The summed E-state index contributed by atoms with van der Waals surface area (Å²) >= 11 is 1.81. The molecule has 1 N–H and O–H groups in total. The van der Waals surface area contributed by atoms with Crippen LogP contribution < -0.4 is 5.32 Å². The normalized spacial score (nSPS) is 28.5. The van der Waals surface area contributed by atoms with Gasteiger partial charge in [0, 0.05) is 24.6 Å². The Morgan fingerprint density at radius 2 is 2.10 bits per heavy atom. The van der Waals surface area contributed by atoms with Crippen molar-refractivity contribution in [3.8, 4) is 0 Å². The van der Waals surface area contributed by atoms with Gasteiger partial charge in [0.15, 0.2) is 0 Å². The number of rotatable bonds is 5. The average Bonchev–Trinajstić information content (AvgIpc) is 2.88. The van der Waals surface area contributed by atoms with Crippen LogP contribution >= 0.6 is 11.3 Å². The summed E-state index contributed by atoms with van der Waals surface area (Å²) in [6, 6.07) is 0.665. The predicted molar refractivity (Wildman–Crippen MR) is 85.2 cm³/mol. The van der Waals surface area contributed by atoms with Crippen molar-refractivity contribution in [2.75, 3.05) is 6.61 Å². The monoisotopic (exact) mass is 293 g/mol. The Balaban J connectivity index is 1.62. The first kappa shape index (κ1) is 14.6. The van der Waals surface area contributed by atoms with Gasteiger partial charge in [0.2, 0.25) is 0 Å². The second-order valence-electron chi connectivity index (χ2n) is 6.49. The van der Waals surface area contributed by atoms with Gasteiger partial charge in [-0.25, -0.2) is 0 Å². The van der Waals surface area contributed by atoms with E-state index in [-0.39, 0.29) is 0 Å². The van der Waals surface area contributed by atoms with Crippen molar-refractivity contribution >= 4 is 11.3 Å². The zero-order valence-corrected chi connectivity index (χ0v) is 13.6. The molecule has 112 valence electrons. The van der Waals surface area contributed by atoms with Crippen LogP contribution in [0.4, 0.5) is 0 Å². The fraction of sp³-hybridized carbons (Fsp3) is 0.765. The molecule has 2 fully saturated rings. The zero-order valence-electron chi connectivity index (χ0n) is 12.8. The molecule has 1 aromatic rings. The molecule has 0 radical (unpaired) electrons. The van der Waals surface area contributed by atoms with Crippen molar-refractivity contribution in [1.82, 2.24) is 5.32 Å². The molecule has 2 aliphatic rings. The minimum Gasteiger partial charge on any atom is -0.378 e. The quantitative estimate of drug-likeness (QED) is 0.875. The van der Waals surface area contributed by atoms with Crippen LogP contribution in [0.3, 0.4) is 0 Å². The molecule has 0 aliphatic heterocycles. The van der Waals surface area contributed by atoms with Crippen LogP contribution in [-0.4, -0.2) is 18.8 Å². The topological polar surface area (TPSA) is 21.3 Å². The van der Waals surface area contributed by atoms with Gasteiger partial charge in [-0.3, -0.25) is 0 Å². The first-order chi connectivity index (χ1) is 9.76. The highest BCUT2D eigenvalue weighted by molar-refractivity contribution is 7.08. The van der Waals surface area contributed by atoms with Crippen LogP contribution in [0.2, 0.25) is 0 Å². The lowest BCUT2D eigenvalue weighted by Crippen LogP contribution is -2.64. The fourth-order valence-corrected chi connectivity index (χ4v) is 5.01. The van der Waals surface area contributed by atoms with E-state index in [1.54, 1.807) is 0 Å². The largest absolute Gasteiger partial charge is 0.378 e. The van der Waals surface area contributed by atoms with E-state index in [1.807, 2.05) is 11.3 Å². The Morgan fingerprint density at radius 3 is 2.75 bits per heavy atom. The van der Waals surface area contributed by atoms with Gasteiger partial charge < -0.3 is 10.1 Å². The van der Waals surface area contributed by atoms with Gasteiger partial charge in [-0.2, -0.15) is 11.3 Å². The van der Waals surface area contributed by atoms with Crippen LogP contribution in [0, 0.1) is 12.3 Å². The van der Waals surface area contributed by atoms with Crippen LogP contribution in [-0.2, 0) is 11.3 Å². The molecule has 2 atom stereocenters. The highest BCUT2D eigenvalue weighted by Crippen LogP contribution is 2.53. The molecule has 3 heteroatoms. The van der Waals surface area contributed by atoms with E-state index < -0.39 is 0 Å². The van der Waals surface area contributed by atoms with Gasteiger partial charge in [-0.15, -0.1) is 0 Å². The third-order valence-corrected chi connectivity index (χ3v) is 6.35. The average molecular weight is 293 g/mol. The van der Waals surface area contributed by atoms with E-state index in [0.717, 1.165) is 13.2 Å². The number of hydrogen-bond donors (Lipinski definition) is 1. The molecule has 20 heavy (non-hydrogen) atoms. The molecule has 3 rings (SSSR count). The van der Waals surface area contributed by atoms with E-state index in [9.17, 15) is 0 Å².